The molecule has 0 aromatic heterocycles. The highest BCUT2D eigenvalue weighted by molar-refractivity contribution is 9.10. The molecule has 0 spiro atoms. The molecule has 0 heterocycles. The molecule has 1 aromatic rings. The van der Waals surface area contributed by atoms with Crippen LogP contribution in [-0.2, 0) is 9.53 Å². The first kappa shape index (κ1) is 18.3. The molecule has 136 valence electrons. The van der Waals surface area contributed by atoms with E-state index in [9.17, 15) is 9.90 Å². The lowest BCUT2D eigenvalue weighted by Gasteiger charge is -2.38. The number of hydrogen-bond donors (Lipinski definition) is 1. The van der Waals surface area contributed by atoms with E-state index in [1.165, 1.54) is 19.6 Å². The molecule has 1 aromatic carbocycles. The molecular weight excluding hydrogens is 384 g/mol. The number of phenolic OH excluding ortho intramolecular Hbond substituents is 1. The molecule has 2 saturated carbocycles. The summed E-state index contributed by atoms with van der Waals surface area (Å²) in [5, 5.41) is 9.75. The van der Waals surface area contributed by atoms with Crippen LogP contribution in [0.25, 0.3) is 6.08 Å². The predicted molar refractivity (Wildman–Crippen MR) is 101 cm³/mol. The van der Waals surface area contributed by atoms with Gasteiger partial charge in [-0.25, -0.2) is 4.79 Å². The minimum atomic E-state index is -0.325. The molecule has 1 N–H and O–H groups in total. The van der Waals surface area contributed by atoms with Gasteiger partial charge in [-0.3, -0.25) is 0 Å². The van der Waals surface area contributed by atoms with E-state index >= 15 is 0 Å². The second kappa shape index (κ2) is 6.35. The molecule has 3 atom stereocenters. The van der Waals surface area contributed by atoms with Crippen LogP contribution in [0.4, 0.5) is 0 Å². The van der Waals surface area contributed by atoms with Gasteiger partial charge in [-0.2, -0.15) is 0 Å². The third kappa shape index (κ3) is 2.97. The summed E-state index contributed by atoms with van der Waals surface area (Å²) in [4.78, 5) is 12.3. The van der Waals surface area contributed by atoms with E-state index in [1.807, 2.05) is 0 Å². The Morgan fingerprint density at radius 1 is 1.36 bits per heavy atom. The number of halogens is 1. The number of carbonyl (C=O) groups is 1. The maximum absolute atomic E-state index is 12.3. The summed E-state index contributed by atoms with van der Waals surface area (Å²) in [7, 11) is 1.49. The number of ether oxygens (including phenoxy) is 2. The normalized spacial score (nSPS) is 30.0. The van der Waals surface area contributed by atoms with Crippen molar-refractivity contribution in [3.8, 4) is 11.5 Å². The lowest BCUT2D eigenvalue weighted by Crippen LogP contribution is -2.38. The minimum Gasteiger partial charge on any atom is -0.504 e. The van der Waals surface area contributed by atoms with E-state index in [2.05, 4.69) is 36.7 Å². The van der Waals surface area contributed by atoms with Crippen molar-refractivity contribution in [3.63, 3.8) is 0 Å². The average molecular weight is 409 g/mol. The van der Waals surface area contributed by atoms with Crippen molar-refractivity contribution in [2.75, 3.05) is 7.11 Å². The third-order valence-corrected chi connectivity index (χ3v) is 7.36. The van der Waals surface area contributed by atoms with Crippen molar-refractivity contribution < 1.29 is 19.4 Å². The highest BCUT2D eigenvalue weighted by Crippen LogP contribution is 2.66. The van der Waals surface area contributed by atoms with Gasteiger partial charge in [0.2, 0.25) is 0 Å². The fourth-order valence-electron chi connectivity index (χ4n) is 4.50. The van der Waals surface area contributed by atoms with Gasteiger partial charge >= 0.3 is 5.97 Å². The van der Waals surface area contributed by atoms with Gasteiger partial charge in [0, 0.05) is 16.0 Å². The third-order valence-electron chi connectivity index (χ3n) is 6.67. The van der Waals surface area contributed by atoms with Crippen LogP contribution in [-0.4, -0.2) is 24.3 Å². The number of carbonyl (C=O) groups excluding carboxylic acids is 1. The lowest BCUT2D eigenvalue weighted by molar-refractivity contribution is -0.150. The van der Waals surface area contributed by atoms with Crippen molar-refractivity contribution in [3.05, 3.63) is 28.2 Å². The number of phenols is 1. The molecule has 2 bridgehead atoms. The maximum Gasteiger partial charge on any atom is 0.331 e. The summed E-state index contributed by atoms with van der Waals surface area (Å²) in [6, 6.07) is 3.22. The van der Waals surface area contributed by atoms with E-state index < -0.39 is 0 Å². The van der Waals surface area contributed by atoms with Gasteiger partial charge in [-0.05, 0) is 54.4 Å². The van der Waals surface area contributed by atoms with Crippen LogP contribution in [0.5, 0.6) is 11.5 Å². The molecule has 2 fully saturated rings. The molecule has 0 unspecified atom stereocenters. The van der Waals surface area contributed by atoms with E-state index in [4.69, 9.17) is 9.47 Å². The Balaban J connectivity index is 1.71. The van der Waals surface area contributed by atoms with Gasteiger partial charge in [0.15, 0.2) is 11.5 Å². The van der Waals surface area contributed by atoms with E-state index in [1.54, 1.807) is 18.2 Å². The summed E-state index contributed by atoms with van der Waals surface area (Å²) in [5.41, 5.74) is 1.02. The molecule has 5 heteroatoms. The zero-order valence-corrected chi connectivity index (χ0v) is 16.7. The summed E-state index contributed by atoms with van der Waals surface area (Å²) in [5.74, 6) is 0.716. The first-order chi connectivity index (χ1) is 11.7. The lowest BCUT2D eigenvalue weighted by atomic mass is 9.70. The molecule has 0 aliphatic heterocycles. The summed E-state index contributed by atoms with van der Waals surface area (Å²) in [6.07, 6.45) is 6.41. The maximum atomic E-state index is 12.3. The highest BCUT2D eigenvalue weighted by atomic mass is 79.9. The smallest absolute Gasteiger partial charge is 0.331 e. The Labute approximate surface area is 157 Å². The Hall–Kier alpha value is -1.49. The molecular formula is C20H25BrO4. The first-order valence-electron chi connectivity index (χ1n) is 8.64. The molecule has 0 saturated heterocycles. The van der Waals surface area contributed by atoms with Crippen LogP contribution < -0.4 is 4.74 Å². The molecule has 25 heavy (non-hydrogen) atoms. The monoisotopic (exact) mass is 408 g/mol. The van der Waals surface area contributed by atoms with Gasteiger partial charge in [-0.1, -0.05) is 36.7 Å². The number of fused-ring (bicyclic) bond motifs is 2. The van der Waals surface area contributed by atoms with Crippen LogP contribution in [0.2, 0.25) is 0 Å². The standard InChI is InChI=1S/C20H25BrO4/c1-19(2)13-7-8-20(19,3)17(10-13)25-18(23)6-5-12-9-16(24-4)15(22)11-14(12)21/h5-6,9,11,13,17,22H,7-8,10H2,1-4H3/b6-5+/t13-,17+,20+/m1/s1. The van der Waals surface area contributed by atoms with Crippen molar-refractivity contribution in [1.29, 1.82) is 0 Å². The zero-order chi connectivity index (χ0) is 18.4. The van der Waals surface area contributed by atoms with Gasteiger partial charge in [-0.15, -0.1) is 0 Å². The average Bonchev–Trinajstić information content (AvgIpc) is 2.87. The van der Waals surface area contributed by atoms with Gasteiger partial charge < -0.3 is 14.6 Å². The minimum absolute atomic E-state index is 0.0174. The Morgan fingerprint density at radius 3 is 2.64 bits per heavy atom. The molecule has 3 rings (SSSR count). The number of methoxy groups -OCH3 is 1. The topological polar surface area (TPSA) is 55.8 Å². The van der Waals surface area contributed by atoms with Crippen LogP contribution in [0.1, 0.15) is 45.6 Å². The van der Waals surface area contributed by atoms with Crippen molar-refractivity contribution >= 4 is 28.0 Å². The van der Waals surface area contributed by atoms with Crippen molar-refractivity contribution in [2.45, 2.75) is 46.1 Å². The quantitative estimate of drug-likeness (QED) is 0.566. The van der Waals surface area contributed by atoms with Gasteiger partial charge in [0.25, 0.3) is 0 Å². The number of benzene rings is 1. The SMILES string of the molecule is COc1cc(/C=C/C(=O)O[C@H]2C[C@H]3CC[C@]2(C)C3(C)C)c(Br)cc1O. The number of rotatable bonds is 4. The molecule has 4 nitrogen and oxygen atoms in total. The van der Waals surface area contributed by atoms with Crippen LogP contribution in [0.3, 0.4) is 0 Å². The summed E-state index contributed by atoms with van der Waals surface area (Å²) in [6.45, 7) is 6.85. The Kier molecular flexibility index (Phi) is 4.65. The Bertz CT molecular complexity index is 725. The van der Waals surface area contributed by atoms with E-state index in [0.717, 1.165) is 18.4 Å². The number of esters is 1. The van der Waals surface area contributed by atoms with E-state index in [0.29, 0.717) is 16.1 Å². The van der Waals surface area contributed by atoms with E-state index in [-0.39, 0.29) is 28.7 Å². The molecule has 0 amide bonds. The second-order valence-corrected chi connectivity index (χ2v) is 8.77. The van der Waals surface area contributed by atoms with Crippen LogP contribution in [0, 0.1) is 16.7 Å². The Morgan fingerprint density at radius 2 is 2.08 bits per heavy atom. The highest BCUT2D eigenvalue weighted by Gasteiger charge is 2.62. The summed E-state index contributed by atoms with van der Waals surface area (Å²) >= 11 is 3.38. The fraction of sp³-hybridized carbons (Fsp3) is 0.550. The second-order valence-electron chi connectivity index (χ2n) is 7.91. The predicted octanol–water partition coefficient (Wildman–Crippen LogP) is 4.93. The van der Waals surface area contributed by atoms with Gasteiger partial charge in [0.05, 0.1) is 7.11 Å². The van der Waals surface area contributed by atoms with Crippen molar-refractivity contribution in [1.82, 2.24) is 0 Å². The molecule has 2 aliphatic rings. The zero-order valence-electron chi connectivity index (χ0n) is 15.1. The largest absolute Gasteiger partial charge is 0.504 e. The summed E-state index contributed by atoms with van der Waals surface area (Å²) < 4.78 is 11.6. The van der Waals surface area contributed by atoms with Crippen molar-refractivity contribution in [2.24, 2.45) is 16.7 Å². The first-order valence-corrected chi connectivity index (χ1v) is 9.43. The number of aromatic hydroxyl groups is 1. The fourth-order valence-corrected chi connectivity index (χ4v) is 4.96. The number of hydrogen-bond acceptors (Lipinski definition) is 4. The van der Waals surface area contributed by atoms with Crippen LogP contribution in [0.15, 0.2) is 22.7 Å². The van der Waals surface area contributed by atoms with Gasteiger partial charge in [0.1, 0.15) is 6.10 Å². The molecule has 2 aliphatic carbocycles. The van der Waals surface area contributed by atoms with Crippen LogP contribution >= 0.6 is 15.9 Å². The molecule has 0 radical (unpaired) electrons.